The summed E-state index contributed by atoms with van der Waals surface area (Å²) in [6.45, 7) is 3.43. The van der Waals surface area contributed by atoms with Crippen LogP contribution < -0.4 is 10.0 Å². The van der Waals surface area contributed by atoms with Crippen molar-refractivity contribution in [3.63, 3.8) is 0 Å². The number of hydrogen-bond acceptors (Lipinski definition) is 5. The Morgan fingerprint density at radius 2 is 1.69 bits per heavy atom. The van der Waals surface area contributed by atoms with Gasteiger partial charge in [-0.2, -0.15) is 0 Å². The van der Waals surface area contributed by atoms with Crippen LogP contribution in [0, 0.1) is 5.82 Å². The van der Waals surface area contributed by atoms with Crippen LogP contribution in [0.4, 0.5) is 10.1 Å². The van der Waals surface area contributed by atoms with E-state index in [-0.39, 0.29) is 34.2 Å². The van der Waals surface area contributed by atoms with E-state index in [1.807, 2.05) is 0 Å². The molecule has 1 heterocycles. The molecule has 0 aliphatic heterocycles. The molecule has 0 amide bonds. The molecule has 3 rings (SSSR count). The molecule has 2 N–H and O–H groups in total. The molecule has 7 nitrogen and oxygen atoms in total. The van der Waals surface area contributed by atoms with E-state index in [0.717, 1.165) is 3.97 Å². The number of nitrogens with zero attached hydrogens (tertiary/aromatic N) is 1. The lowest BCUT2D eigenvalue weighted by atomic mass is 10.1. The zero-order valence-electron chi connectivity index (χ0n) is 17.7. The Hall–Kier alpha value is -2.40. The summed E-state index contributed by atoms with van der Waals surface area (Å²) in [6.07, 6.45) is 1.43. The highest BCUT2D eigenvalue weighted by molar-refractivity contribution is 7.93. The predicted octanol–water partition coefficient (Wildman–Crippen LogP) is 3.82. The van der Waals surface area contributed by atoms with Crippen molar-refractivity contribution < 1.29 is 21.2 Å². The van der Waals surface area contributed by atoms with Gasteiger partial charge in [-0.3, -0.25) is 4.72 Å². The predicted molar refractivity (Wildman–Crippen MR) is 127 cm³/mol. The number of rotatable bonds is 8. The first-order valence-corrected chi connectivity index (χ1v) is 12.5. The van der Waals surface area contributed by atoms with Crippen molar-refractivity contribution in [1.82, 2.24) is 9.29 Å². The van der Waals surface area contributed by atoms with Crippen molar-refractivity contribution in [1.29, 1.82) is 0 Å². The lowest BCUT2D eigenvalue weighted by Gasteiger charge is -2.14. The maximum Gasteiger partial charge on any atom is 0.268 e. The molecule has 174 valence electrons. The van der Waals surface area contributed by atoms with E-state index < -0.39 is 31.1 Å². The van der Waals surface area contributed by atoms with Crippen LogP contribution >= 0.6 is 12.4 Å². The van der Waals surface area contributed by atoms with Crippen molar-refractivity contribution in [2.24, 2.45) is 0 Å². The minimum absolute atomic E-state index is 0. The normalized spacial score (nSPS) is 11.9. The first-order chi connectivity index (χ1) is 14.6. The van der Waals surface area contributed by atoms with Gasteiger partial charge in [0.2, 0.25) is 10.0 Å². The third kappa shape index (κ3) is 5.32. The summed E-state index contributed by atoms with van der Waals surface area (Å²) in [5.41, 5.74) is 1.10. The number of benzene rings is 2. The van der Waals surface area contributed by atoms with Crippen LogP contribution in [-0.2, 0) is 26.6 Å². The molecule has 2 aromatic carbocycles. The van der Waals surface area contributed by atoms with Crippen LogP contribution in [0.5, 0.6) is 0 Å². The number of halogens is 2. The van der Waals surface area contributed by atoms with Crippen LogP contribution in [0.3, 0.4) is 0 Å². The summed E-state index contributed by atoms with van der Waals surface area (Å²) in [7, 11) is -6.07. The van der Waals surface area contributed by atoms with E-state index in [0.29, 0.717) is 12.1 Å². The number of hydrogen-bond donors (Lipinski definition) is 2. The Bertz CT molecular complexity index is 1310. The fourth-order valence-electron chi connectivity index (χ4n) is 2.98. The van der Waals surface area contributed by atoms with Gasteiger partial charge in [-0.1, -0.05) is 18.2 Å². The van der Waals surface area contributed by atoms with E-state index in [1.54, 1.807) is 19.2 Å². The monoisotopic (exact) mass is 501 g/mol. The molecule has 11 heteroatoms. The van der Waals surface area contributed by atoms with E-state index in [1.165, 1.54) is 62.5 Å². The molecule has 0 aliphatic carbocycles. The van der Waals surface area contributed by atoms with Gasteiger partial charge in [0.25, 0.3) is 10.0 Å². The highest BCUT2D eigenvalue weighted by Gasteiger charge is 2.24. The number of aromatic nitrogens is 1. The van der Waals surface area contributed by atoms with Gasteiger partial charge in [-0.15, -0.1) is 12.4 Å². The SMILES string of the molecule is CNCc1cc(-c2ccccc2F)n(S(=O)(=O)c2cccc(NS(=O)(=O)C(C)C)c2)c1.Cl. The Morgan fingerprint density at radius 1 is 1.00 bits per heavy atom. The minimum Gasteiger partial charge on any atom is -0.316 e. The van der Waals surface area contributed by atoms with Gasteiger partial charge in [0.15, 0.2) is 0 Å². The third-order valence-corrected chi connectivity index (χ3v) is 8.08. The summed E-state index contributed by atoms with van der Waals surface area (Å²) < 4.78 is 69.1. The van der Waals surface area contributed by atoms with Gasteiger partial charge in [0, 0.05) is 24.0 Å². The Balaban J connectivity index is 0.00000363. The second-order valence-corrected chi connectivity index (χ2v) is 11.3. The smallest absolute Gasteiger partial charge is 0.268 e. The van der Waals surface area contributed by atoms with Crippen LogP contribution in [0.2, 0.25) is 0 Å². The largest absolute Gasteiger partial charge is 0.316 e. The molecule has 0 atom stereocenters. The minimum atomic E-state index is -4.14. The second kappa shape index (κ2) is 10.0. The van der Waals surface area contributed by atoms with Gasteiger partial charge in [-0.05, 0) is 62.9 Å². The first-order valence-electron chi connectivity index (χ1n) is 9.54. The highest BCUT2D eigenvalue weighted by atomic mass is 35.5. The molecule has 0 fully saturated rings. The number of anilines is 1. The molecule has 0 spiro atoms. The van der Waals surface area contributed by atoms with Gasteiger partial charge in [0.1, 0.15) is 5.82 Å². The maximum atomic E-state index is 14.5. The number of sulfonamides is 1. The maximum absolute atomic E-state index is 14.5. The standard InChI is InChI=1S/C21H24FN3O4S2.ClH/c1-15(2)30(26,27)24-17-7-6-8-18(12-17)31(28,29)25-14-16(13-23-3)11-21(25)19-9-4-5-10-20(19)22;/h4-12,14-15,23-24H,13H2,1-3H3;1H. The average molecular weight is 502 g/mol. The van der Waals surface area contributed by atoms with Crippen LogP contribution in [-0.4, -0.2) is 33.1 Å². The molecule has 3 aromatic rings. The summed E-state index contributed by atoms with van der Waals surface area (Å²) in [5.74, 6) is -0.550. The summed E-state index contributed by atoms with van der Waals surface area (Å²) in [4.78, 5) is -0.124. The molecular weight excluding hydrogens is 477 g/mol. The molecule has 1 aromatic heterocycles. The van der Waals surface area contributed by atoms with Crippen LogP contribution in [0.25, 0.3) is 11.3 Å². The van der Waals surface area contributed by atoms with Gasteiger partial charge < -0.3 is 5.32 Å². The molecule has 0 bridgehead atoms. The fraction of sp³-hybridized carbons (Fsp3) is 0.238. The van der Waals surface area contributed by atoms with Crippen molar-refractivity contribution in [3.05, 3.63) is 72.2 Å². The Kier molecular flexibility index (Phi) is 8.11. The highest BCUT2D eigenvalue weighted by Crippen LogP contribution is 2.30. The summed E-state index contributed by atoms with van der Waals surface area (Å²) in [6, 6.07) is 13.1. The van der Waals surface area contributed by atoms with Crippen molar-refractivity contribution in [2.45, 2.75) is 30.5 Å². The molecule has 32 heavy (non-hydrogen) atoms. The first kappa shape index (κ1) is 25.9. The summed E-state index contributed by atoms with van der Waals surface area (Å²) in [5, 5.41) is 2.26. The second-order valence-electron chi connectivity index (χ2n) is 7.27. The van der Waals surface area contributed by atoms with Crippen LogP contribution in [0.15, 0.2) is 65.7 Å². The molecular formula is C21H25ClFN3O4S2. The molecule has 0 aliphatic rings. The number of nitrogens with one attached hydrogen (secondary N) is 2. The van der Waals surface area contributed by atoms with E-state index in [9.17, 15) is 21.2 Å². The molecule has 0 saturated heterocycles. The lowest BCUT2D eigenvalue weighted by molar-refractivity contribution is 0.586. The summed E-state index contributed by atoms with van der Waals surface area (Å²) >= 11 is 0. The lowest BCUT2D eigenvalue weighted by Crippen LogP contribution is -2.22. The topological polar surface area (TPSA) is 97.3 Å². The Morgan fingerprint density at radius 3 is 2.31 bits per heavy atom. The van der Waals surface area contributed by atoms with Crippen molar-refractivity contribution in [3.8, 4) is 11.3 Å². The van der Waals surface area contributed by atoms with Gasteiger partial charge in [0.05, 0.1) is 15.8 Å². The third-order valence-electron chi connectivity index (χ3n) is 4.64. The van der Waals surface area contributed by atoms with Crippen molar-refractivity contribution in [2.75, 3.05) is 11.8 Å². The molecule has 0 unspecified atom stereocenters. The molecule has 0 saturated carbocycles. The quantitative estimate of drug-likeness (QED) is 0.489. The van der Waals surface area contributed by atoms with Gasteiger partial charge in [-0.25, -0.2) is 25.2 Å². The zero-order valence-corrected chi connectivity index (χ0v) is 20.2. The van der Waals surface area contributed by atoms with E-state index in [4.69, 9.17) is 0 Å². The van der Waals surface area contributed by atoms with E-state index in [2.05, 4.69) is 10.0 Å². The van der Waals surface area contributed by atoms with Crippen molar-refractivity contribution >= 4 is 38.1 Å². The Labute approximate surface area is 194 Å². The van der Waals surface area contributed by atoms with Crippen LogP contribution in [0.1, 0.15) is 19.4 Å². The molecule has 0 radical (unpaired) electrons. The average Bonchev–Trinajstić information content (AvgIpc) is 3.13. The fourth-order valence-corrected chi connectivity index (χ4v) is 5.11. The van der Waals surface area contributed by atoms with E-state index >= 15 is 0 Å². The zero-order chi connectivity index (χ0) is 22.8. The van der Waals surface area contributed by atoms with Gasteiger partial charge >= 0.3 is 0 Å².